The van der Waals surface area contributed by atoms with Gasteiger partial charge in [0.1, 0.15) is 5.82 Å². The molecule has 2 amide bonds. The van der Waals surface area contributed by atoms with Crippen LogP contribution in [0.3, 0.4) is 0 Å². The second-order valence-corrected chi connectivity index (χ2v) is 6.95. The van der Waals surface area contributed by atoms with Crippen LogP contribution in [0.2, 0.25) is 0 Å². The molecule has 1 saturated heterocycles. The number of amides is 2. The van der Waals surface area contributed by atoms with Crippen LogP contribution in [0.1, 0.15) is 49.9 Å². The minimum Gasteiger partial charge on any atom is -0.356 e. The molecular weight excluding hydrogens is 316 g/mol. The van der Waals surface area contributed by atoms with E-state index in [2.05, 4.69) is 15.2 Å². The first-order chi connectivity index (χ1) is 12.1. The van der Waals surface area contributed by atoms with Crippen LogP contribution in [0.25, 0.3) is 0 Å². The molecule has 2 aliphatic rings. The minimum atomic E-state index is -0.0288. The molecular formula is C19H28N4O2. The first-order valence-corrected chi connectivity index (χ1v) is 9.43. The van der Waals surface area contributed by atoms with E-state index in [1.807, 2.05) is 24.8 Å². The highest BCUT2D eigenvalue weighted by Crippen LogP contribution is 2.24. The number of carbonyl (C=O) groups excluding carboxylic acids is 2. The maximum Gasteiger partial charge on any atom is 0.251 e. The summed E-state index contributed by atoms with van der Waals surface area (Å²) in [4.78, 5) is 33.4. The van der Waals surface area contributed by atoms with Gasteiger partial charge >= 0.3 is 0 Å². The van der Waals surface area contributed by atoms with Crippen LogP contribution in [0, 0.1) is 5.92 Å². The van der Waals surface area contributed by atoms with Crippen LogP contribution in [-0.2, 0) is 4.79 Å². The monoisotopic (exact) mass is 344 g/mol. The van der Waals surface area contributed by atoms with Crippen molar-refractivity contribution in [1.82, 2.24) is 15.2 Å². The molecule has 3 rings (SSSR count). The summed E-state index contributed by atoms with van der Waals surface area (Å²) in [5.74, 6) is 1.01. The molecule has 6 heteroatoms. The summed E-state index contributed by atoms with van der Waals surface area (Å²) >= 11 is 0. The van der Waals surface area contributed by atoms with Crippen LogP contribution in [0.4, 0.5) is 5.82 Å². The van der Waals surface area contributed by atoms with E-state index in [0.717, 1.165) is 51.1 Å². The molecule has 1 unspecified atom stereocenters. The third-order valence-electron chi connectivity index (χ3n) is 5.09. The fourth-order valence-electron chi connectivity index (χ4n) is 3.41. The third-order valence-corrected chi connectivity index (χ3v) is 5.09. The fraction of sp³-hybridized carbons (Fsp3) is 0.632. The molecule has 1 aliphatic heterocycles. The van der Waals surface area contributed by atoms with Crippen LogP contribution >= 0.6 is 0 Å². The highest BCUT2D eigenvalue weighted by atomic mass is 16.2. The Morgan fingerprint density at radius 1 is 1.28 bits per heavy atom. The number of hydrogen-bond acceptors (Lipinski definition) is 4. The first-order valence-electron chi connectivity index (χ1n) is 9.43. The molecule has 1 atom stereocenters. The van der Waals surface area contributed by atoms with Gasteiger partial charge in [0.05, 0.1) is 5.92 Å². The standard InChI is InChI=1S/C19H28N4O2/c1-3-22(4-2)19(25)15-6-5-11-23(13-15)17-12-14(9-10-20-17)18(24)21-16-7-8-16/h9-10,12,15-16H,3-8,11,13H2,1-2H3,(H,21,24). The lowest BCUT2D eigenvalue weighted by Gasteiger charge is -2.35. The maximum absolute atomic E-state index is 12.7. The Hall–Kier alpha value is -2.11. The summed E-state index contributed by atoms with van der Waals surface area (Å²) < 4.78 is 0. The molecule has 1 aromatic heterocycles. The van der Waals surface area contributed by atoms with Crippen LogP contribution in [-0.4, -0.2) is 53.9 Å². The average molecular weight is 344 g/mol. The largest absolute Gasteiger partial charge is 0.356 e. The highest BCUT2D eigenvalue weighted by molar-refractivity contribution is 5.95. The van der Waals surface area contributed by atoms with Crippen molar-refractivity contribution in [3.05, 3.63) is 23.9 Å². The number of piperidine rings is 1. The van der Waals surface area contributed by atoms with E-state index in [1.165, 1.54) is 0 Å². The molecule has 2 heterocycles. The Labute approximate surface area is 149 Å². The zero-order valence-electron chi connectivity index (χ0n) is 15.2. The molecule has 25 heavy (non-hydrogen) atoms. The van der Waals surface area contributed by atoms with Gasteiger partial charge in [0.2, 0.25) is 5.91 Å². The molecule has 2 fully saturated rings. The summed E-state index contributed by atoms with van der Waals surface area (Å²) in [6.07, 6.45) is 5.73. The average Bonchev–Trinajstić information content (AvgIpc) is 3.47. The van der Waals surface area contributed by atoms with Gasteiger partial charge in [0, 0.05) is 44.0 Å². The van der Waals surface area contributed by atoms with Gasteiger partial charge in [-0.25, -0.2) is 4.98 Å². The molecule has 1 saturated carbocycles. The van der Waals surface area contributed by atoms with E-state index in [9.17, 15) is 9.59 Å². The molecule has 0 spiro atoms. The van der Waals surface area contributed by atoms with E-state index in [-0.39, 0.29) is 17.7 Å². The van der Waals surface area contributed by atoms with Gasteiger partial charge in [-0.3, -0.25) is 9.59 Å². The number of nitrogens with zero attached hydrogens (tertiary/aromatic N) is 3. The summed E-state index contributed by atoms with van der Waals surface area (Å²) in [6, 6.07) is 3.95. The Bertz CT molecular complexity index is 626. The molecule has 0 bridgehead atoms. The van der Waals surface area contributed by atoms with Gasteiger partial charge in [-0.15, -0.1) is 0 Å². The summed E-state index contributed by atoms with van der Waals surface area (Å²) in [5, 5.41) is 3.01. The molecule has 1 aromatic rings. The molecule has 1 N–H and O–H groups in total. The van der Waals surface area contributed by atoms with E-state index < -0.39 is 0 Å². The maximum atomic E-state index is 12.7. The summed E-state index contributed by atoms with van der Waals surface area (Å²) in [6.45, 7) is 7.09. The lowest BCUT2D eigenvalue weighted by Crippen LogP contribution is -2.45. The van der Waals surface area contributed by atoms with E-state index >= 15 is 0 Å². The van der Waals surface area contributed by atoms with Crippen molar-refractivity contribution in [2.24, 2.45) is 5.92 Å². The lowest BCUT2D eigenvalue weighted by molar-refractivity contribution is -0.135. The van der Waals surface area contributed by atoms with Crippen molar-refractivity contribution in [3.63, 3.8) is 0 Å². The van der Waals surface area contributed by atoms with Crippen molar-refractivity contribution in [3.8, 4) is 0 Å². The summed E-state index contributed by atoms with van der Waals surface area (Å²) in [7, 11) is 0. The molecule has 136 valence electrons. The zero-order chi connectivity index (χ0) is 17.8. The van der Waals surface area contributed by atoms with Gasteiger partial charge < -0.3 is 15.1 Å². The number of pyridine rings is 1. The van der Waals surface area contributed by atoms with Crippen molar-refractivity contribution < 1.29 is 9.59 Å². The molecule has 0 radical (unpaired) electrons. The van der Waals surface area contributed by atoms with Crippen LogP contribution < -0.4 is 10.2 Å². The van der Waals surface area contributed by atoms with E-state index in [0.29, 0.717) is 18.2 Å². The molecule has 1 aliphatic carbocycles. The Balaban J connectivity index is 1.68. The fourth-order valence-corrected chi connectivity index (χ4v) is 3.41. The van der Waals surface area contributed by atoms with Gasteiger partial charge in [-0.1, -0.05) is 0 Å². The number of hydrogen-bond donors (Lipinski definition) is 1. The van der Waals surface area contributed by atoms with E-state index in [1.54, 1.807) is 12.3 Å². The van der Waals surface area contributed by atoms with Gasteiger partial charge in [0.15, 0.2) is 0 Å². The Kier molecular flexibility index (Phi) is 5.56. The SMILES string of the molecule is CCN(CC)C(=O)C1CCCN(c2cc(C(=O)NC3CC3)ccn2)C1. The Morgan fingerprint density at radius 3 is 2.72 bits per heavy atom. The van der Waals surface area contributed by atoms with Crippen molar-refractivity contribution in [2.45, 2.75) is 45.6 Å². The molecule has 0 aromatic carbocycles. The number of aromatic nitrogens is 1. The van der Waals surface area contributed by atoms with Crippen molar-refractivity contribution in [2.75, 3.05) is 31.1 Å². The number of nitrogens with one attached hydrogen (secondary N) is 1. The molecule has 6 nitrogen and oxygen atoms in total. The number of rotatable bonds is 6. The van der Waals surface area contributed by atoms with Crippen LogP contribution in [0.15, 0.2) is 18.3 Å². The number of carbonyl (C=O) groups is 2. The highest BCUT2D eigenvalue weighted by Gasteiger charge is 2.29. The van der Waals surface area contributed by atoms with Crippen molar-refractivity contribution >= 4 is 17.6 Å². The zero-order valence-corrected chi connectivity index (χ0v) is 15.2. The second kappa shape index (κ2) is 7.85. The summed E-state index contributed by atoms with van der Waals surface area (Å²) in [5.41, 5.74) is 0.647. The number of anilines is 1. The van der Waals surface area contributed by atoms with Gasteiger partial charge in [-0.2, -0.15) is 0 Å². The topological polar surface area (TPSA) is 65.5 Å². The predicted molar refractivity (Wildman–Crippen MR) is 97.6 cm³/mol. The van der Waals surface area contributed by atoms with Gasteiger partial charge in [0.25, 0.3) is 5.91 Å². The van der Waals surface area contributed by atoms with Crippen molar-refractivity contribution in [1.29, 1.82) is 0 Å². The third kappa shape index (κ3) is 4.30. The van der Waals surface area contributed by atoms with E-state index in [4.69, 9.17) is 0 Å². The normalized spacial score (nSPS) is 20.2. The Morgan fingerprint density at radius 2 is 2.04 bits per heavy atom. The predicted octanol–water partition coefficient (Wildman–Crippen LogP) is 2.06. The minimum absolute atomic E-state index is 0.0133. The quantitative estimate of drug-likeness (QED) is 0.858. The lowest BCUT2D eigenvalue weighted by atomic mass is 9.96. The second-order valence-electron chi connectivity index (χ2n) is 6.95. The van der Waals surface area contributed by atoms with Crippen LogP contribution in [0.5, 0.6) is 0 Å². The smallest absolute Gasteiger partial charge is 0.251 e. The van der Waals surface area contributed by atoms with Gasteiger partial charge in [-0.05, 0) is 51.7 Å². The first kappa shape index (κ1) is 17.7.